The van der Waals surface area contributed by atoms with Gasteiger partial charge in [0.2, 0.25) is 0 Å². The minimum absolute atomic E-state index is 0.0445. The lowest BCUT2D eigenvalue weighted by Crippen LogP contribution is -2.22. The maximum atomic E-state index is 12.6. The molecule has 0 fully saturated rings. The van der Waals surface area contributed by atoms with Gasteiger partial charge in [-0.2, -0.15) is 0 Å². The zero-order valence-corrected chi connectivity index (χ0v) is 15.9. The second-order valence-corrected chi connectivity index (χ2v) is 7.06. The fourth-order valence-electron chi connectivity index (χ4n) is 2.90. The molecule has 0 aliphatic rings. The van der Waals surface area contributed by atoms with Crippen LogP contribution in [0.1, 0.15) is 36.2 Å². The van der Waals surface area contributed by atoms with Gasteiger partial charge in [0.05, 0.1) is 16.7 Å². The van der Waals surface area contributed by atoms with Crippen molar-refractivity contribution in [3.63, 3.8) is 0 Å². The Hall–Kier alpha value is -2.40. The Bertz CT molecular complexity index is 977. The maximum Gasteiger partial charge on any atom is 0.262 e. The molecule has 26 heavy (non-hydrogen) atoms. The fraction of sp³-hybridized carbons (Fsp3) is 0.286. The number of rotatable bonds is 7. The van der Waals surface area contributed by atoms with Crippen LogP contribution in [0.15, 0.2) is 58.5 Å². The second-order valence-electron chi connectivity index (χ2n) is 6.12. The lowest BCUT2D eigenvalue weighted by Gasteiger charge is -2.11. The van der Waals surface area contributed by atoms with Gasteiger partial charge in [0.15, 0.2) is 10.9 Å². The first-order valence-electron chi connectivity index (χ1n) is 8.88. The minimum atomic E-state index is -0.0584. The van der Waals surface area contributed by atoms with E-state index >= 15 is 0 Å². The molecule has 3 aromatic rings. The highest BCUT2D eigenvalue weighted by Crippen LogP contribution is 2.19. The van der Waals surface area contributed by atoms with Crippen molar-refractivity contribution in [2.45, 2.75) is 38.4 Å². The third-order valence-electron chi connectivity index (χ3n) is 4.29. The van der Waals surface area contributed by atoms with E-state index in [0.717, 1.165) is 12.8 Å². The molecular formula is C21H22N2O2S. The van der Waals surface area contributed by atoms with E-state index in [0.29, 0.717) is 28.2 Å². The first-order chi connectivity index (χ1) is 12.6. The lowest BCUT2D eigenvalue weighted by atomic mass is 10.1. The number of carbonyl (C=O) groups excluding carboxylic acids is 1. The number of para-hydroxylation sites is 1. The second kappa shape index (κ2) is 8.32. The summed E-state index contributed by atoms with van der Waals surface area (Å²) in [5.41, 5.74) is 2.55. The van der Waals surface area contributed by atoms with Gasteiger partial charge in [-0.25, -0.2) is 4.98 Å². The predicted molar refractivity (Wildman–Crippen MR) is 107 cm³/mol. The van der Waals surface area contributed by atoms with Crippen molar-refractivity contribution in [3.8, 4) is 0 Å². The molecule has 4 nitrogen and oxygen atoms in total. The summed E-state index contributed by atoms with van der Waals surface area (Å²) in [5, 5.41) is 1.20. The number of carbonyl (C=O) groups is 1. The van der Waals surface area contributed by atoms with Gasteiger partial charge in [0.1, 0.15) is 0 Å². The molecule has 3 rings (SSSR count). The molecule has 0 bridgehead atoms. The van der Waals surface area contributed by atoms with Crippen LogP contribution in [0.4, 0.5) is 0 Å². The van der Waals surface area contributed by atoms with Crippen molar-refractivity contribution in [1.82, 2.24) is 9.55 Å². The molecule has 0 saturated heterocycles. The van der Waals surface area contributed by atoms with E-state index in [-0.39, 0.29) is 17.1 Å². The first kappa shape index (κ1) is 18.4. The highest BCUT2D eigenvalue weighted by atomic mass is 32.2. The van der Waals surface area contributed by atoms with Gasteiger partial charge in [0, 0.05) is 12.1 Å². The summed E-state index contributed by atoms with van der Waals surface area (Å²) in [5.74, 6) is 0.306. The largest absolute Gasteiger partial charge is 0.293 e. The highest BCUT2D eigenvalue weighted by Gasteiger charge is 2.13. The molecular weight excluding hydrogens is 344 g/mol. The maximum absolute atomic E-state index is 12.6. The monoisotopic (exact) mass is 366 g/mol. The molecule has 0 aliphatic heterocycles. The standard InChI is InChI=1S/C21H22N2O2S/c1-3-7-15-10-12-16(13-11-15)19(24)14-26-21-22-18-9-6-5-8-17(18)20(25)23(21)4-2/h5-6,8-13H,3-4,7,14H2,1-2H3. The molecule has 0 N–H and O–H groups in total. The van der Waals surface area contributed by atoms with Crippen LogP contribution < -0.4 is 5.56 Å². The number of fused-ring (bicyclic) bond motifs is 1. The van der Waals surface area contributed by atoms with E-state index in [9.17, 15) is 9.59 Å². The van der Waals surface area contributed by atoms with E-state index in [1.54, 1.807) is 10.6 Å². The van der Waals surface area contributed by atoms with Gasteiger partial charge in [0.25, 0.3) is 5.56 Å². The number of aryl methyl sites for hydroxylation is 1. The van der Waals surface area contributed by atoms with Crippen LogP contribution in [-0.4, -0.2) is 21.1 Å². The topological polar surface area (TPSA) is 52.0 Å². The number of thioether (sulfide) groups is 1. The van der Waals surface area contributed by atoms with Gasteiger partial charge in [-0.1, -0.05) is 61.5 Å². The lowest BCUT2D eigenvalue weighted by molar-refractivity contribution is 0.102. The summed E-state index contributed by atoms with van der Waals surface area (Å²) in [7, 11) is 0. The van der Waals surface area contributed by atoms with Crippen LogP contribution in [-0.2, 0) is 13.0 Å². The van der Waals surface area contributed by atoms with E-state index in [1.807, 2.05) is 49.4 Å². The molecule has 0 radical (unpaired) electrons. The molecule has 1 aromatic heterocycles. The normalized spacial score (nSPS) is 11.0. The molecule has 5 heteroatoms. The predicted octanol–water partition coefficient (Wildman–Crippen LogP) is 4.34. The van der Waals surface area contributed by atoms with Crippen LogP contribution in [0.3, 0.4) is 0 Å². The summed E-state index contributed by atoms with van der Waals surface area (Å²) < 4.78 is 1.63. The molecule has 2 aromatic carbocycles. The molecule has 0 spiro atoms. The molecule has 0 aliphatic carbocycles. The van der Waals surface area contributed by atoms with Crippen molar-refractivity contribution in [2.75, 3.05) is 5.75 Å². The third-order valence-corrected chi connectivity index (χ3v) is 5.27. The van der Waals surface area contributed by atoms with Gasteiger partial charge in [-0.3, -0.25) is 14.2 Å². The number of hydrogen-bond acceptors (Lipinski definition) is 4. The van der Waals surface area contributed by atoms with E-state index in [1.165, 1.54) is 17.3 Å². The average Bonchev–Trinajstić information content (AvgIpc) is 2.67. The summed E-state index contributed by atoms with van der Waals surface area (Å²) in [6.07, 6.45) is 2.11. The Morgan fingerprint density at radius 2 is 1.81 bits per heavy atom. The van der Waals surface area contributed by atoms with Crippen LogP contribution >= 0.6 is 11.8 Å². The highest BCUT2D eigenvalue weighted by molar-refractivity contribution is 7.99. The fourth-order valence-corrected chi connectivity index (χ4v) is 3.85. The van der Waals surface area contributed by atoms with Crippen molar-refractivity contribution >= 4 is 28.4 Å². The minimum Gasteiger partial charge on any atom is -0.293 e. The summed E-state index contributed by atoms with van der Waals surface area (Å²) >= 11 is 1.32. The van der Waals surface area contributed by atoms with E-state index in [4.69, 9.17) is 0 Å². The van der Waals surface area contributed by atoms with Crippen molar-refractivity contribution in [2.24, 2.45) is 0 Å². The SMILES string of the molecule is CCCc1ccc(C(=O)CSc2nc3ccccc3c(=O)n2CC)cc1. The molecule has 134 valence electrons. The molecule has 0 amide bonds. The Kier molecular flexibility index (Phi) is 5.89. The molecule has 0 atom stereocenters. The Labute approximate surface area is 157 Å². The Morgan fingerprint density at radius 1 is 1.08 bits per heavy atom. The van der Waals surface area contributed by atoms with Crippen LogP contribution in [0, 0.1) is 0 Å². The van der Waals surface area contributed by atoms with Crippen LogP contribution in [0.5, 0.6) is 0 Å². The number of ketones is 1. The summed E-state index contributed by atoms with van der Waals surface area (Å²) in [4.78, 5) is 29.7. The smallest absolute Gasteiger partial charge is 0.262 e. The number of nitrogens with zero attached hydrogens (tertiary/aromatic N) is 2. The van der Waals surface area contributed by atoms with Gasteiger partial charge >= 0.3 is 0 Å². The van der Waals surface area contributed by atoms with Gasteiger partial charge < -0.3 is 0 Å². The van der Waals surface area contributed by atoms with E-state index < -0.39 is 0 Å². The molecule has 0 unspecified atom stereocenters. The number of aromatic nitrogens is 2. The molecule has 0 saturated carbocycles. The number of Topliss-reactive ketones (excluding diaryl/α,β-unsaturated/α-hetero) is 1. The Morgan fingerprint density at radius 3 is 2.50 bits per heavy atom. The molecule has 1 heterocycles. The summed E-state index contributed by atoms with van der Waals surface area (Å²) in [6, 6.07) is 15.1. The third kappa shape index (κ3) is 3.88. The summed E-state index contributed by atoms with van der Waals surface area (Å²) in [6.45, 7) is 4.58. The van der Waals surface area contributed by atoms with Gasteiger partial charge in [-0.15, -0.1) is 0 Å². The van der Waals surface area contributed by atoms with Crippen molar-refractivity contribution in [3.05, 3.63) is 70.0 Å². The van der Waals surface area contributed by atoms with Crippen LogP contribution in [0.25, 0.3) is 10.9 Å². The number of benzene rings is 2. The Balaban J connectivity index is 1.80. The van der Waals surface area contributed by atoms with Crippen LogP contribution in [0.2, 0.25) is 0 Å². The van der Waals surface area contributed by atoms with Crippen molar-refractivity contribution in [1.29, 1.82) is 0 Å². The van der Waals surface area contributed by atoms with Crippen molar-refractivity contribution < 1.29 is 4.79 Å². The first-order valence-corrected chi connectivity index (χ1v) is 9.87. The zero-order chi connectivity index (χ0) is 18.5. The number of hydrogen-bond donors (Lipinski definition) is 0. The average molecular weight is 366 g/mol. The zero-order valence-electron chi connectivity index (χ0n) is 15.1. The van der Waals surface area contributed by atoms with Gasteiger partial charge in [-0.05, 0) is 31.0 Å². The van der Waals surface area contributed by atoms with E-state index in [2.05, 4.69) is 11.9 Å². The quantitative estimate of drug-likeness (QED) is 0.354.